The molecule has 4 N–H and O–H groups in total. The Labute approximate surface area is 113 Å². The molecule has 0 aliphatic heterocycles. The van der Waals surface area contributed by atoms with Crippen molar-refractivity contribution in [3.05, 3.63) is 22.4 Å². The number of hydrogen-bond donors (Lipinski definition) is 3. The molecule has 0 aliphatic rings. The summed E-state index contributed by atoms with van der Waals surface area (Å²) in [6.45, 7) is 1.41. The van der Waals surface area contributed by atoms with Crippen molar-refractivity contribution in [2.45, 2.75) is 24.3 Å². The van der Waals surface area contributed by atoms with E-state index in [9.17, 15) is 12.8 Å². The third-order valence-electron chi connectivity index (χ3n) is 2.38. The Morgan fingerprint density at radius 1 is 1.56 bits per heavy atom. The highest BCUT2D eigenvalue weighted by Crippen LogP contribution is 2.26. The van der Waals surface area contributed by atoms with Crippen molar-refractivity contribution in [3.8, 4) is 0 Å². The molecule has 0 heterocycles. The van der Waals surface area contributed by atoms with Crippen molar-refractivity contribution in [2.24, 2.45) is 0 Å². The van der Waals surface area contributed by atoms with E-state index in [1.807, 2.05) is 0 Å². The number of nitrogens with one attached hydrogen (secondary N) is 1. The zero-order chi connectivity index (χ0) is 13.9. The Kier molecular flexibility index (Phi) is 5.09. The van der Waals surface area contributed by atoms with Crippen LogP contribution in [0.4, 0.5) is 10.1 Å². The SMILES string of the molecule is CC[C@@H](CO)NS(=O)(=O)c1cc(Br)c(F)cc1N. The molecular formula is C10H14BrFN2O3S. The van der Waals surface area contributed by atoms with Gasteiger partial charge in [-0.3, -0.25) is 0 Å². The molecule has 8 heteroatoms. The minimum Gasteiger partial charge on any atom is -0.398 e. The first-order valence-corrected chi connectivity index (χ1v) is 7.47. The number of nitrogen functional groups attached to an aromatic ring is 1. The Balaban J connectivity index is 3.16. The van der Waals surface area contributed by atoms with E-state index in [1.54, 1.807) is 6.92 Å². The third-order valence-corrected chi connectivity index (χ3v) is 4.56. The lowest BCUT2D eigenvalue weighted by molar-refractivity contribution is 0.254. The van der Waals surface area contributed by atoms with Crippen LogP contribution in [0.2, 0.25) is 0 Å². The van der Waals surface area contributed by atoms with Crippen molar-refractivity contribution in [1.82, 2.24) is 4.72 Å². The van der Waals surface area contributed by atoms with Crippen molar-refractivity contribution in [3.63, 3.8) is 0 Å². The standard InChI is InChI=1S/C10H14BrFN2O3S/c1-2-6(5-15)14-18(16,17)10-3-7(11)8(12)4-9(10)13/h3-4,6,14-15H,2,5,13H2,1H3/t6-/m0/s1. The molecule has 0 fully saturated rings. The van der Waals surface area contributed by atoms with Gasteiger partial charge in [-0.15, -0.1) is 0 Å². The van der Waals surface area contributed by atoms with E-state index in [1.165, 1.54) is 0 Å². The molecule has 5 nitrogen and oxygen atoms in total. The van der Waals surface area contributed by atoms with E-state index in [2.05, 4.69) is 20.7 Å². The monoisotopic (exact) mass is 340 g/mol. The summed E-state index contributed by atoms with van der Waals surface area (Å²) in [4.78, 5) is -0.220. The second kappa shape index (κ2) is 5.96. The summed E-state index contributed by atoms with van der Waals surface area (Å²) < 4.78 is 39.5. The van der Waals surface area contributed by atoms with E-state index >= 15 is 0 Å². The first-order chi connectivity index (χ1) is 8.31. The fourth-order valence-corrected chi connectivity index (χ4v) is 3.25. The lowest BCUT2D eigenvalue weighted by atomic mass is 10.3. The number of aliphatic hydroxyl groups excluding tert-OH is 1. The summed E-state index contributed by atoms with van der Waals surface area (Å²) in [5.74, 6) is -0.638. The highest BCUT2D eigenvalue weighted by atomic mass is 79.9. The molecule has 0 spiro atoms. The van der Waals surface area contributed by atoms with Crippen molar-refractivity contribution in [2.75, 3.05) is 12.3 Å². The van der Waals surface area contributed by atoms with Crippen LogP contribution in [0.5, 0.6) is 0 Å². The number of aliphatic hydroxyl groups is 1. The lowest BCUT2D eigenvalue weighted by Gasteiger charge is -2.15. The number of nitrogens with two attached hydrogens (primary N) is 1. The topological polar surface area (TPSA) is 92.4 Å². The van der Waals surface area contributed by atoms with Gasteiger partial charge in [0.05, 0.1) is 16.8 Å². The number of halogens is 2. The Morgan fingerprint density at radius 3 is 2.67 bits per heavy atom. The van der Waals surface area contributed by atoms with Crippen LogP contribution in [-0.4, -0.2) is 26.2 Å². The van der Waals surface area contributed by atoms with E-state index in [0.717, 1.165) is 12.1 Å². The van der Waals surface area contributed by atoms with E-state index in [0.29, 0.717) is 6.42 Å². The number of anilines is 1. The molecule has 18 heavy (non-hydrogen) atoms. The molecule has 1 rings (SSSR count). The van der Waals surface area contributed by atoms with Crippen LogP contribution >= 0.6 is 15.9 Å². The summed E-state index contributed by atoms with van der Waals surface area (Å²) in [6, 6.07) is 1.42. The van der Waals surface area contributed by atoms with Crippen LogP contribution in [0.3, 0.4) is 0 Å². The third kappa shape index (κ3) is 3.41. The molecule has 102 valence electrons. The van der Waals surface area contributed by atoms with Crippen LogP contribution < -0.4 is 10.5 Å². The second-order valence-electron chi connectivity index (χ2n) is 3.71. The molecule has 0 aliphatic carbocycles. The molecule has 0 amide bonds. The molecule has 1 atom stereocenters. The van der Waals surface area contributed by atoms with Gasteiger partial charge in [-0.2, -0.15) is 0 Å². The summed E-state index contributed by atoms with van der Waals surface area (Å²) >= 11 is 2.90. The van der Waals surface area contributed by atoms with Crippen LogP contribution in [0, 0.1) is 5.82 Å². The van der Waals surface area contributed by atoms with Gasteiger partial charge in [0.1, 0.15) is 10.7 Å². The van der Waals surface area contributed by atoms with Crippen molar-refractivity contribution >= 4 is 31.6 Å². The minimum absolute atomic E-state index is 0.00845. The molecule has 1 aromatic rings. The van der Waals surface area contributed by atoms with E-state index in [4.69, 9.17) is 10.8 Å². The summed E-state index contributed by atoms with van der Waals surface area (Å²) in [5.41, 5.74) is 5.31. The maximum Gasteiger partial charge on any atom is 0.242 e. The van der Waals surface area contributed by atoms with Gasteiger partial charge in [0, 0.05) is 6.04 Å². The van der Waals surface area contributed by atoms with Crippen molar-refractivity contribution < 1.29 is 17.9 Å². The van der Waals surface area contributed by atoms with E-state index < -0.39 is 21.9 Å². The van der Waals surface area contributed by atoms with Gasteiger partial charge in [0.15, 0.2) is 0 Å². The van der Waals surface area contributed by atoms with Crippen LogP contribution in [0.1, 0.15) is 13.3 Å². The maximum atomic E-state index is 13.2. The summed E-state index contributed by atoms with van der Waals surface area (Å²) in [5, 5.41) is 8.98. The molecule has 0 bridgehead atoms. The van der Waals surface area contributed by atoms with Gasteiger partial charge in [-0.05, 0) is 34.5 Å². The maximum absolute atomic E-state index is 13.2. The highest BCUT2D eigenvalue weighted by molar-refractivity contribution is 9.10. The number of hydrogen-bond acceptors (Lipinski definition) is 4. The molecule has 0 saturated heterocycles. The van der Waals surface area contributed by atoms with E-state index in [-0.39, 0.29) is 21.7 Å². The molecule has 0 unspecified atom stereocenters. The average Bonchev–Trinajstić information content (AvgIpc) is 2.30. The fraction of sp³-hybridized carbons (Fsp3) is 0.400. The lowest BCUT2D eigenvalue weighted by Crippen LogP contribution is -2.37. The Bertz CT molecular complexity index is 532. The normalized spacial score (nSPS) is 13.6. The second-order valence-corrected chi connectivity index (χ2v) is 6.25. The van der Waals surface area contributed by atoms with Crippen LogP contribution in [0.15, 0.2) is 21.5 Å². The molecular weight excluding hydrogens is 327 g/mol. The summed E-state index contributed by atoms with van der Waals surface area (Å²) in [6.07, 6.45) is 0.429. The number of benzene rings is 1. The van der Waals surface area contributed by atoms with Gasteiger partial charge in [-0.1, -0.05) is 6.92 Å². The predicted molar refractivity (Wildman–Crippen MR) is 70.0 cm³/mol. The highest BCUT2D eigenvalue weighted by Gasteiger charge is 2.22. The van der Waals surface area contributed by atoms with Gasteiger partial charge in [0.2, 0.25) is 10.0 Å². The molecule has 1 aromatic carbocycles. The van der Waals surface area contributed by atoms with Crippen LogP contribution in [-0.2, 0) is 10.0 Å². The predicted octanol–water partition coefficient (Wildman–Crippen LogP) is 1.22. The average molecular weight is 341 g/mol. The van der Waals surface area contributed by atoms with Gasteiger partial charge in [0.25, 0.3) is 0 Å². The molecule has 0 aromatic heterocycles. The first-order valence-electron chi connectivity index (χ1n) is 5.19. The smallest absolute Gasteiger partial charge is 0.242 e. The Morgan fingerprint density at radius 2 is 2.17 bits per heavy atom. The van der Waals surface area contributed by atoms with Crippen molar-refractivity contribution in [1.29, 1.82) is 0 Å². The Hall–Kier alpha value is -0.700. The van der Waals surface area contributed by atoms with Gasteiger partial charge in [-0.25, -0.2) is 17.5 Å². The summed E-state index contributed by atoms with van der Waals surface area (Å²) in [7, 11) is -3.89. The van der Waals surface area contributed by atoms with Gasteiger partial charge >= 0.3 is 0 Å². The first kappa shape index (κ1) is 15.4. The van der Waals surface area contributed by atoms with Gasteiger partial charge < -0.3 is 10.8 Å². The largest absolute Gasteiger partial charge is 0.398 e. The zero-order valence-corrected chi connectivity index (χ0v) is 12.1. The van der Waals surface area contributed by atoms with Crippen LogP contribution in [0.25, 0.3) is 0 Å². The number of rotatable bonds is 5. The fourth-order valence-electron chi connectivity index (χ4n) is 1.31. The quantitative estimate of drug-likeness (QED) is 0.702. The number of sulfonamides is 1. The minimum atomic E-state index is -3.89. The molecule has 0 radical (unpaired) electrons. The zero-order valence-electron chi connectivity index (χ0n) is 9.65. The molecule has 0 saturated carbocycles.